The van der Waals surface area contributed by atoms with Crippen LogP contribution in [0.5, 0.6) is 0 Å². The van der Waals surface area contributed by atoms with Gasteiger partial charge >= 0.3 is 0 Å². The van der Waals surface area contributed by atoms with E-state index in [1.54, 1.807) is 0 Å². The molecular weight excluding hydrogens is 304 g/mol. The van der Waals surface area contributed by atoms with Crippen LogP contribution in [0.25, 0.3) is 5.65 Å². The first-order chi connectivity index (χ1) is 11.6. The van der Waals surface area contributed by atoms with Crippen molar-refractivity contribution in [3.8, 4) is 0 Å². The fourth-order valence-electron chi connectivity index (χ4n) is 4.47. The first-order valence-electron chi connectivity index (χ1n) is 8.88. The molecule has 0 aliphatic heterocycles. The zero-order valence-corrected chi connectivity index (χ0v) is 14.3. The highest BCUT2D eigenvalue weighted by atomic mass is 16.5. The van der Waals surface area contributed by atoms with Gasteiger partial charge in [0.2, 0.25) is 0 Å². The summed E-state index contributed by atoms with van der Waals surface area (Å²) < 4.78 is 7.78. The van der Waals surface area contributed by atoms with Gasteiger partial charge in [-0.1, -0.05) is 12.8 Å². The lowest BCUT2D eigenvalue weighted by atomic mass is 9.60. The maximum Gasteiger partial charge on any atom is 0.253 e. The Labute approximate surface area is 141 Å². The Morgan fingerprint density at radius 2 is 2.17 bits per heavy atom. The molecule has 1 N–H and O–H groups in total. The van der Waals surface area contributed by atoms with Crippen LogP contribution >= 0.6 is 0 Å². The van der Waals surface area contributed by atoms with Crippen LogP contribution in [0.4, 0.5) is 0 Å². The van der Waals surface area contributed by atoms with E-state index >= 15 is 0 Å². The number of ether oxygens (including phenoxy) is 1. The second-order valence-electron chi connectivity index (χ2n) is 7.04. The molecule has 2 heterocycles. The molecular formula is C18H24N4O2. The quantitative estimate of drug-likeness (QED) is 0.936. The Morgan fingerprint density at radius 3 is 2.92 bits per heavy atom. The van der Waals surface area contributed by atoms with Gasteiger partial charge in [-0.15, -0.1) is 10.2 Å². The Balaban J connectivity index is 1.52. The van der Waals surface area contributed by atoms with Crippen molar-refractivity contribution in [1.82, 2.24) is 19.9 Å². The molecule has 24 heavy (non-hydrogen) atoms. The lowest BCUT2D eigenvalue weighted by Crippen LogP contribution is -2.63. The lowest BCUT2D eigenvalue weighted by molar-refractivity contribution is -0.127. The smallest absolute Gasteiger partial charge is 0.253 e. The highest BCUT2D eigenvalue weighted by molar-refractivity contribution is 5.94. The van der Waals surface area contributed by atoms with Gasteiger partial charge in [0.25, 0.3) is 5.91 Å². The number of carbonyl (C=O) groups is 1. The Bertz CT molecular complexity index is 763. The van der Waals surface area contributed by atoms with E-state index < -0.39 is 0 Å². The van der Waals surface area contributed by atoms with Crippen LogP contribution in [0.2, 0.25) is 0 Å². The largest absolute Gasteiger partial charge is 0.378 e. The summed E-state index contributed by atoms with van der Waals surface area (Å²) in [5, 5.41) is 11.4. The van der Waals surface area contributed by atoms with Crippen molar-refractivity contribution in [2.45, 2.75) is 58.1 Å². The molecule has 2 fully saturated rings. The van der Waals surface area contributed by atoms with Crippen molar-refractivity contribution in [2.24, 2.45) is 5.41 Å². The summed E-state index contributed by atoms with van der Waals surface area (Å²) in [5.74, 6) is 0.767. The monoisotopic (exact) mass is 328 g/mol. The van der Waals surface area contributed by atoms with E-state index in [0.29, 0.717) is 11.7 Å². The number of rotatable bonds is 4. The van der Waals surface area contributed by atoms with Crippen LogP contribution in [0.15, 0.2) is 18.3 Å². The topological polar surface area (TPSA) is 68.5 Å². The summed E-state index contributed by atoms with van der Waals surface area (Å²) in [6, 6.07) is 3.88. The van der Waals surface area contributed by atoms with E-state index in [9.17, 15) is 4.79 Å². The maximum absolute atomic E-state index is 12.7. The van der Waals surface area contributed by atoms with Gasteiger partial charge in [-0.2, -0.15) is 0 Å². The molecule has 4 rings (SSSR count). The Morgan fingerprint density at radius 1 is 1.38 bits per heavy atom. The fourth-order valence-corrected chi connectivity index (χ4v) is 4.47. The molecule has 2 aromatic heterocycles. The molecule has 2 aliphatic carbocycles. The van der Waals surface area contributed by atoms with Crippen molar-refractivity contribution in [1.29, 1.82) is 0 Å². The number of nitrogens with one attached hydrogen (secondary N) is 1. The Kier molecular flexibility index (Phi) is 3.79. The van der Waals surface area contributed by atoms with Crippen LogP contribution in [-0.4, -0.2) is 39.3 Å². The molecule has 0 aromatic carbocycles. The number of aryl methyl sites for hydroxylation is 1. The molecule has 1 amide bonds. The van der Waals surface area contributed by atoms with E-state index in [1.165, 1.54) is 12.8 Å². The summed E-state index contributed by atoms with van der Waals surface area (Å²) in [6.45, 7) is 4.68. The van der Waals surface area contributed by atoms with Gasteiger partial charge in [0, 0.05) is 24.3 Å². The average Bonchev–Trinajstić information content (AvgIpc) is 3.23. The van der Waals surface area contributed by atoms with Crippen molar-refractivity contribution >= 4 is 11.6 Å². The molecule has 128 valence electrons. The zero-order chi connectivity index (χ0) is 16.7. The van der Waals surface area contributed by atoms with E-state index in [0.717, 1.165) is 37.3 Å². The molecule has 0 saturated heterocycles. The van der Waals surface area contributed by atoms with Gasteiger partial charge in [0.15, 0.2) is 5.65 Å². The van der Waals surface area contributed by atoms with Crippen LogP contribution in [0, 0.1) is 12.3 Å². The number of fused-ring (bicyclic) bond motifs is 1. The van der Waals surface area contributed by atoms with Gasteiger partial charge in [-0.05, 0) is 45.2 Å². The summed E-state index contributed by atoms with van der Waals surface area (Å²) in [4.78, 5) is 12.7. The maximum atomic E-state index is 12.7. The van der Waals surface area contributed by atoms with E-state index in [-0.39, 0.29) is 17.4 Å². The number of carbonyl (C=O) groups excluding carboxylic acids is 1. The third-order valence-electron chi connectivity index (χ3n) is 5.83. The second kappa shape index (κ2) is 5.84. The fraction of sp³-hybridized carbons (Fsp3) is 0.611. The van der Waals surface area contributed by atoms with Crippen LogP contribution < -0.4 is 5.32 Å². The summed E-state index contributed by atoms with van der Waals surface area (Å²) >= 11 is 0. The summed E-state index contributed by atoms with van der Waals surface area (Å²) in [5.41, 5.74) is 1.57. The van der Waals surface area contributed by atoms with Crippen LogP contribution in [0.3, 0.4) is 0 Å². The highest BCUT2D eigenvalue weighted by Gasteiger charge is 2.57. The zero-order valence-electron chi connectivity index (χ0n) is 14.3. The predicted molar refractivity (Wildman–Crippen MR) is 89.9 cm³/mol. The minimum Gasteiger partial charge on any atom is -0.378 e. The van der Waals surface area contributed by atoms with Crippen molar-refractivity contribution in [3.63, 3.8) is 0 Å². The van der Waals surface area contributed by atoms with Gasteiger partial charge in [-0.3, -0.25) is 9.20 Å². The Hall–Kier alpha value is -1.95. The SMILES string of the molecule is CCO[C@H]1C[C@H](NC(=O)c2ccc3nnc(C)n3c2)C12CCCC2. The number of pyridine rings is 1. The molecule has 0 unspecified atom stereocenters. The van der Waals surface area contributed by atoms with Gasteiger partial charge in [0.05, 0.1) is 11.7 Å². The van der Waals surface area contributed by atoms with Crippen molar-refractivity contribution in [2.75, 3.05) is 6.61 Å². The van der Waals surface area contributed by atoms with Crippen molar-refractivity contribution < 1.29 is 9.53 Å². The minimum absolute atomic E-state index is 0.0174. The molecule has 1 spiro atoms. The molecule has 2 aromatic rings. The van der Waals surface area contributed by atoms with Gasteiger partial charge < -0.3 is 10.1 Å². The molecule has 0 radical (unpaired) electrons. The molecule has 6 nitrogen and oxygen atoms in total. The van der Waals surface area contributed by atoms with Crippen LogP contribution in [0.1, 0.15) is 55.2 Å². The van der Waals surface area contributed by atoms with Crippen molar-refractivity contribution in [3.05, 3.63) is 29.7 Å². The number of aromatic nitrogens is 3. The molecule has 6 heteroatoms. The highest BCUT2D eigenvalue weighted by Crippen LogP contribution is 2.54. The number of hydrogen-bond donors (Lipinski definition) is 1. The second-order valence-corrected chi connectivity index (χ2v) is 7.04. The summed E-state index contributed by atoms with van der Waals surface area (Å²) in [7, 11) is 0. The summed E-state index contributed by atoms with van der Waals surface area (Å²) in [6.07, 6.45) is 7.84. The van der Waals surface area contributed by atoms with E-state index in [2.05, 4.69) is 15.5 Å². The van der Waals surface area contributed by atoms with Gasteiger partial charge in [0.1, 0.15) is 5.82 Å². The normalized spacial score (nSPS) is 25.1. The van der Waals surface area contributed by atoms with E-state index in [4.69, 9.17) is 4.74 Å². The number of nitrogens with zero attached hydrogens (tertiary/aromatic N) is 3. The van der Waals surface area contributed by atoms with Gasteiger partial charge in [-0.25, -0.2) is 0 Å². The molecule has 0 bridgehead atoms. The van der Waals surface area contributed by atoms with E-state index in [1.807, 2.05) is 36.6 Å². The molecule has 2 atom stereocenters. The number of amides is 1. The third-order valence-corrected chi connectivity index (χ3v) is 5.83. The standard InChI is InChI=1S/C18H24N4O2/c1-3-24-15-10-14(18(15)8-4-5-9-18)19-17(23)13-6-7-16-21-20-12(2)22(16)11-13/h6-7,11,14-15H,3-5,8-10H2,1-2H3,(H,19,23)/t14-,15-/m0/s1. The third kappa shape index (κ3) is 2.32. The number of hydrogen-bond acceptors (Lipinski definition) is 4. The molecule has 2 aliphatic rings. The first kappa shape index (κ1) is 15.6. The predicted octanol–water partition coefficient (Wildman–Crippen LogP) is 2.51. The molecule has 2 saturated carbocycles. The first-order valence-corrected chi connectivity index (χ1v) is 8.88. The minimum atomic E-state index is -0.0174. The average molecular weight is 328 g/mol. The lowest BCUT2D eigenvalue weighted by Gasteiger charge is -2.54. The van der Waals surface area contributed by atoms with Crippen LogP contribution in [-0.2, 0) is 4.74 Å².